The van der Waals surface area contributed by atoms with Crippen molar-refractivity contribution in [2.24, 2.45) is 11.3 Å². The molecule has 0 bridgehead atoms. The summed E-state index contributed by atoms with van der Waals surface area (Å²) < 4.78 is 0. The number of Topliss-reactive ketones (excluding diaryl/α,β-unsaturated/α-hetero) is 1. The summed E-state index contributed by atoms with van der Waals surface area (Å²) in [5.74, 6) is 0.381. The van der Waals surface area contributed by atoms with Gasteiger partial charge >= 0.3 is 0 Å². The van der Waals surface area contributed by atoms with E-state index in [1.807, 2.05) is 0 Å². The molecule has 0 radical (unpaired) electrons. The summed E-state index contributed by atoms with van der Waals surface area (Å²) in [5.41, 5.74) is 0.392. The third kappa shape index (κ3) is 3.17. The molecule has 1 amide bonds. The lowest BCUT2D eigenvalue weighted by molar-refractivity contribution is -0.127. The van der Waals surface area contributed by atoms with E-state index in [4.69, 9.17) is 0 Å². The number of hydrogen-bond donors (Lipinski definition) is 1. The van der Waals surface area contributed by atoms with Crippen LogP contribution < -0.4 is 5.32 Å². The molecule has 0 spiro atoms. The summed E-state index contributed by atoms with van der Waals surface area (Å²) in [6.07, 6.45) is 1.19. The third-order valence-corrected chi connectivity index (χ3v) is 2.67. The van der Waals surface area contributed by atoms with Gasteiger partial charge in [0.05, 0.1) is 6.42 Å². The summed E-state index contributed by atoms with van der Waals surface area (Å²) >= 11 is 0. The molecule has 3 nitrogen and oxygen atoms in total. The number of amides is 1. The largest absolute Gasteiger partial charge is 0.355 e. The van der Waals surface area contributed by atoms with Crippen molar-refractivity contribution in [2.75, 3.05) is 6.54 Å². The van der Waals surface area contributed by atoms with Gasteiger partial charge in [0.1, 0.15) is 5.78 Å². The fraction of sp³-hybridized carbons (Fsp3) is 0.800. The molecule has 1 aliphatic rings. The van der Waals surface area contributed by atoms with Crippen LogP contribution in [-0.2, 0) is 9.59 Å². The normalized spacial score (nSPS) is 23.8. The minimum Gasteiger partial charge on any atom is -0.355 e. The van der Waals surface area contributed by atoms with Crippen LogP contribution in [0.2, 0.25) is 0 Å². The first-order valence-corrected chi connectivity index (χ1v) is 4.68. The second kappa shape index (κ2) is 3.48. The Kier molecular flexibility index (Phi) is 2.74. The van der Waals surface area contributed by atoms with Crippen LogP contribution >= 0.6 is 0 Å². The standard InChI is InChI=1S/C10H17NO2/c1-7(12)4-9(13)11-6-8-5-10(8,2)3/h8H,4-6H2,1-3H3,(H,11,13). The lowest BCUT2D eigenvalue weighted by atomic mass is 10.1. The number of ketones is 1. The Morgan fingerprint density at radius 1 is 1.46 bits per heavy atom. The highest BCUT2D eigenvalue weighted by Crippen LogP contribution is 2.50. The molecule has 1 fully saturated rings. The van der Waals surface area contributed by atoms with Crippen LogP contribution in [0, 0.1) is 11.3 Å². The van der Waals surface area contributed by atoms with Gasteiger partial charge in [0, 0.05) is 6.54 Å². The van der Waals surface area contributed by atoms with E-state index >= 15 is 0 Å². The number of hydrogen-bond acceptors (Lipinski definition) is 2. The first-order valence-electron chi connectivity index (χ1n) is 4.68. The van der Waals surface area contributed by atoms with E-state index < -0.39 is 0 Å². The van der Waals surface area contributed by atoms with E-state index in [2.05, 4.69) is 19.2 Å². The zero-order valence-corrected chi connectivity index (χ0v) is 8.52. The molecule has 0 saturated heterocycles. The number of rotatable bonds is 4. The number of carbonyl (C=O) groups is 2. The Bertz CT molecular complexity index is 233. The van der Waals surface area contributed by atoms with E-state index in [-0.39, 0.29) is 18.1 Å². The number of carbonyl (C=O) groups excluding carboxylic acids is 2. The Morgan fingerprint density at radius 3 is 2.38 bits per heavy atom. The van der Waals surface area contributed by atoms with Gasteiger partial charge in [-0.1, -0.05) is 13.8 Å². The highest BCUT2D eigenvalue weighted by atomic mass is 16.2. The molecule has 1 rings (SSSR count). The van der Waals surface area contributed by atoms with Gasteiger partial charge in [-0.15, -0.1) is 0 Å². The second-order valence-corrected chi connectivity index (χ2v) is 4.57. The van der Waals surface area contributed by atoms with E-state index in [1.165, 1.54) is 13.3 Å². The predicted molar refractivity (Wildman–Crippen MR) is 50.2 cm³/mol. The zero-order valence-electron chi connectivity index (χ0n) is 8.52. The maximum atomic E-state index is 11.1. The first kappa shape index (κ1) is 10.2. The lowest BCUT2D eigenvalue weighted by Crippen LogP contribution is -2.27. The van der Waals surface area contributed by atoms with E-state index in [1.54, 1.807) is 0 Å². The van der Waals surface area contributed by atoms with E-state index in [0.29, 0.717) is 11.3 Å². The van der Waals surface area contributed by atoms with Crippen LogP contribution in [0.5, 0.6) is 0 Å². The number of nitrogens with one attached hydrogen (secondary N) is 1. The van der Waals surface area contributed by atoms with Gasteiger partial charge in [-0.2, -0.15) is 0 Å². The molecule has 1 aliphatic carbocycles. The maximum absolute atomic E-state index is 11.1. The van der Waals surface area contributed by atoms with Crippen molar-refractivity contribution in [3.63, 3.8) is 0 Å². The zero-order chi connectivity index (χ0) is 10.1. The van der Waals surface area contributed by atoms with Crippen molar-refractivity contribution in [1.29, 1.82) is 0 Å². The van der Waals surface area contributed by atoms with Gasteiger partial charge in [0.25, 0.3) is 0 Å². The summed E-state index contributed by atoms with van der Waals surface area (Å²) in [6.45, 7) is 6.53. The van der Waals surface area contributed by atoms with Crippen molar-refractivity contribution in [1.82, 2.24) is 5.32 Å². The SMILES string of the molecule is CC(=O)CC(=O)NCC1CC1(C)C. The molecule has 0 aliphatic heterocycles. The van der Waals surface area contributed by atoms with E-state index in [9.17, 15) is 9.59 Å². The first-order chi connectivity index (χ1) is 5.92. The second-order valence-electron chi connectivity index (χ2n) is 4.57. The summed E-state index contributed by atoms with van der Waals surface area (Å²) in [6, 6.07) is 0. The van der Waals surface area contributed by atoms with Gasteiger partial charge in [0.2, 0.25) is 5.91 Å². The minimum absolute atomic E-state index is 0.0210. The molecular formula is C10H17NO2. The molecule has 74 valence electrons. The van der Waals surface area contributed by atoms with Crippen molar-refractivity contribution < 1.29 is 9.59 Å². The molecule has 0 heterocycles. The predicted octanol–water partition coefficient (Wildman–Crippen LogP) is 1.13. The topological polar surface area (TPSA) is 46.2 Å². The Balaban J connectivity index is 2.13. The smallest absolute Gasteiger partial charge is 0.227 e. The Labute approximate surface area is 78.9 Å². The molecule has 0 aromatic heterocycles. The summed E-state index contributed by atoms with van der Waals surface area (Å²) in [4.78, 5) is 21.6. The van der Waals surface area contributed by atoms with Gasteiger partial charge in [-0.05, 0) is 24.7 Å². The monoisotopic (exact) mass is 183 g/mol. The van der Waals surface area contributed by atoms with Gasteiger partial charge < -0.3 is 5.32 Å². The molecular weight excluding hydrogens is 166 g/mol. The molecule has 1 atom stereocenters. The minimum atomic E-state index is -0.143. The molecule has 0 aromatic carbocycles. The van der Waals surface area contributed by atoms with E-state index in [0.717, 1.165) is 6.54 Å². The van der Waals surface area contributed by atoms with Crippen LogP contribution in [0.4, 0.5) is 0 Å². The van der Waals surface area contributed by atoms with Crippen molar-refractivity contribution in [2.45, 2.75) is 33.6 Å². The van der Waals surface area contributed by atoms with Crippen LogP contribution in [0.15, 0.2) is 0 Å². The van der Waals surface area contributed by atoms with Gasteiger partial charge in [-0.25, -0.2) is 0 Å². The van der Waals surface area contributed by atoms with Crippen LogP contribution in [0.25, 0.3) is 0 Å². The highest BCUT2D eigenvalue weighted by molar-refractivity contribution is 5.96. The van der Waals surface area contributed by atoms with Crippen molar-refractivity contribution in [3.8, 4) is 0 Å². The lowest BCUT2D eigenvalue weighted by Gasteiger charge is -2.04. The maximum Gasteiger partial charge on any atom is 0.227 e. The molecule has 3 heteroatoms. The average molecular weight is 183 g/mol. The van der Waals surface area contributed by atoms with Crippen LogP contribution in [0.1, 0.15) is 33.6 Å². The summed E-state index contributed by atoms with van der Waals surface area (Å²) in [7, 11) is 0. The quantitative estimate of drug-likeness (QED) is 0.664. The Morgan fingerprint density at radius 2 is 2.00 bits per heavy atom. The van der Waals surface area contributed by atoms with Gasteiger partial charge in [-0.3, -0.25) is 9.59 Å². The molecule has 1 saturated carbocycles. The summed E-state index contributed by atoms with van der Waals surface area (Å²) in [5, 5.41) is 2.77. The molecule has 1 N–H and O–H groups in total. The van der Waals surface area contributed by atoms with Crippen LogP contribution in [0.3, 0.4) is 0 Å². The van der Waals surface area contributed by atoms with Crippen molar-refractivity contribution in [3.05, 3.63) is 0 Å². The van der Waals surface area contributed by atoms with Gasteiger partial charge in [0.15, 0.2) is 0 Å². The Hall–Kier alpha value is -0.860. The van der Waals surface area contributed by atoms with Crippen molar-refractivity contribution >= 4 is 11.7 Å². The third-order valence-electron chi connectivity index (χ3n) is 2.67. The fourth-order valence-electron chi connectivity index (χ4n) is 1.45. The molecule has 1 unspecified atom stereocenters. The highest BCUT2D eigenvalue weighted by Gasteiger charge is 2.45. The van der Waals surface area contributed by atoms with Crippen LogP contribution in [-0.4, -0.2) is 18.2 Å². The average Bonchev–Trinajstić information content (AvgIpc) is 2.53. The fourth-order valence-corrected chi connectivity index (χ4v) is 1.45. The molecule has 0 aromatic rings. The molecule has 13 heavy (non-hydrogen) atoms.